The van der Waals surface area contributed by atoms with Gasteiger partial charge in [0.05, 0.1) is 18.1 Å². The summed E-state index contributed by atoms with van der Waals surface area (Å²) in [5, 5.41) is 7.05. The van der Waals surface area contributed by atoms with Gasteiger partial charge in [0.1, 0.15) is 0 Å². The predicted octanol–water partition coefficient (Wildman–Crippen LogP) is 2.38. The zero-order valence-electron chi connectivity index (χ0n) is 12.4. The number of nitrogens with one attached hydrogen (secondary N) is 1. The fourth-order valence-electron chi connectivity index (χ4n) is 2.71. The number of hydrogen-bond acceptors (Lipinski definition) is 3. The number of aryl methyl sites for hydroxylation is 1. The van der Waals surface area contributed by atoms with Crippen molar-refractivity contribution >= 4 is 11.7 Å². The van der Waals surface area contributed by atoms with E-state index in [1.54, 1.807) is 12.4 Å². The summed E-state index contributed by atoms with van der Waals surface area (Å²) >= 11 is 0. The second-order valence-electron chi connectivity index (χ2n) is 5.61. The number of benzene rings is 1. The third kappa shape index (κ3) is 2.77. The summed E-state index contributed by atoms with van der Waals surface area (Å²) in [7, 11) is 1.81. The molecule has 21 heavy (non-hydrogen) atoms. The molecule has 110 valence electrons. The molecule has 0 spiro atoms. The minimum Gasteiger partial charge on any atom is -0.386 e. The van der Waals surface area contributed by atoms with Crippen LogP contribution in [-0.2, 0) is 6.42 Å². The molecule has 2 heterocycles. The third-order valence-corrected chi connectivity index (χ3v) is 4.06. The Labute approximate surface area is 124 Å². The van der Waals surface area contributed by atoms with Crippen molar-refractivity contribution in [3.8, 4) is 0 Å². The molecule has 1 N–H and O–H groups in total. The number of aromatic nitrogens is 2. The average molecular weight is 284 g/mol. The third-order valence-electron chi connectivity index (χ3n) is 4.06. The fourth-order valence-corrected chi connectivity index (χ4v) is 2.71. The molecule has 1 aliphatic rings. The molecule has 1 saturated heterocycles. The van der Waals surface area contributed by atoms with Crippen LogP contribution >= 0.6 is 0 Å². The van der Waals surface area contributed by atoms with E-state index in [1.807, 2.05) is 11.9 Å². The molecule has 5 heteroatoms. The Hall–Kier alpha value is -2.30. The van der Waals surface area contributed by atoms with Gasteiger partial charge in [0, 0.05) is 20.1 Å². The lowest BCUT2D eigenvalue weighted by Gasteiger charge is -2.39. The molecule has 1 aromatic heterocycles. The standard InChI is InChI=1S/C16H20N4O/c1-12-5-3-4-6-14(12)7-13-9-19(10-13)16(21)20-11-15(17-2)8-18-20/h3-6,8,11,13,17H,7,9-10H2,1-2H3. The lowest BCUT2D eigenvalue weighted by atomic mass is 9.90. The highest BCUT2D eigenvalue weighted by molar-refractivity contribution is 5.77. The highest BCUT2D eigenvalue weighted by Crippen LogP contribution is 2.23. The SMILES string of the molecule is CNc1cnn(C(=O)N2CC(Cc3ccccc3C)C2)c1. The largest absolute Gasteiger partial charge is 0.386 e. The van der Waals surface area contributed by atoms with Crippen LogP contribution in [0.25, 0.3) is 0 Å². The van der Waals surface area contributed by atoms with Crippen LogP contribution in [0.2, 0.25) is 0 Å². The lowest BCUT2D eigenvalue weighted by molar-refractivity contribution is 0.119. The van der Waals surface area contributed by atoms with Crippen molar-refractivity contribution in [2.24, 2.45) is 5.92 Å². The van der Waals surface area contributed by atoms with Crippen LogP contribution in [0.3, 0.4) is 0 Å². The van der Waals surface area contributed by atoms with Gasteiger partial charge in [0.15, 0.2) is 0 Å². The molecule has 3 rings (SSSR count). The van der Waals surface area contributed by atoms with Gasteiger partial charge in [0.25, 0.3) is 0 Å². The van der Waals surface area contributed by atoms with Crippen molar-refractivity contribution in [3.05, 3.63) is 47.8 Å². The molecule has 1 amide bonds. The maximum Gasteiger partial charge on any atom is 0.344 e. The minimum atomic E-state index is -0.0440. The number of hydrogen-bond donors (Lipinski definition) is 1. The highest BCUT2D eigenvalue weighted by atomic mass is 16.2. The van der Waals surface area contributed by atoms with Gasteiger partial charge in [-0.2, -0.15) is 9.78 Å². The summed E-state index contributed by atoms with van der Waals surface area (Å²) in [5.41, 5.74) is 3.56. The number of amides is 1. The Morgan fingerprint density at radius 3 is 2.81 bits per heavy atom. The molecule has 5 nitrogen and oxygen atoms in total. The van der Waals surface area contributed by atoms with Crippen molar-refractivity contribution in [2.75, 3.05) is 25.5 Å². The Morgan fingerprint density at radius 2 is 2.14 bits per heavy atom. The Balaban J connectivity index is 1.56. The normalized spacial score (nSPS) is 14.9. The van der Waals surface area contributed by atoms with Crippen molar-refractivity contribution in [1.82, 2.24) is 14.7 Å². The molecular formula is C16H20N4O. The fraction of sp³-hybridized carbons (Fsp3) is 0.375. The molecule has 0 aliphatic carbocycles. The van der Waals surface area contributed by atoms with E-state index in [0.29, 0.717) is 5.92 Å². The van der Waals surface area contributed by atoms with E-state index in [9.17, 15) is 4.79 Å². The van der Waals surface area contributed by atoms with Crippen LogP contribution in [0.5, 0.6) is 0 Å². The smallest absolute Gasteiger partial charge is 0.344 e. The maximum atomic E-state index is 12.2. The molecule has 1 aromatic carbocycles. The predicted molar refractivity (Wildman–Crippen MR) is 82.5 cm³/mol. The summed E-state index contributed by atoms with van der Waals surface area (Å²) < 4.78 is 1.40. The van der Waals surface area contributed by atoms with Crippen LogP contribution in [0.15, 0.2) is 36.7 Å². The van der Waals surface area contributed by atoms with E-state index >= 15 is 0 Å². The van der Waals surface area contributed by atoms with Crippen LogP contribution in [0, 0.1) is 12.8 Å². The van der Waals surface area contributed by atoms with Crippen LogP contribution in [0.1, 0.15) is 11.1 Å². The first kappa shape index (κ1) is 13.7. The summed E-state index contributed by atoms with van der Waals surface area (Å²) in [6, 6.07) is 8.41. The summed E-state index contributed by atoms with van der Waals surface area (Å²) in [4.78, 5) is 14.1. The molecule has 0 radical (unpaired) electrons. The molecule has 0 saturated carbocycles. The monoisotopic (exact) mass is 284 g/mol. The Bertz CT molecular complexity index is 643. The molecular weight excluding hydrogens is 264 g/mol. The van der Waals surface area contributed by atoms with E-state index in [-0.39, 0.29) is 6.03 Å². The number of nitrogens with zero attached hydrogens (tertiary/aromatic N) is 3. The van der Waals surface area contributed by atoms with Crippen molar-refractivity contribution in [2.45, 2.75) is 13.3 Å². The van der Waals surface area contributed by atoms with Crippen molar-refractivity contribution < 1.29 is 4.79 Å². The Morgan fingerprint density at radius 1 is 1.38 bits per heavy atom. The van der Waals surface area contributed by atoms with Gasteiger partial charge < -0.3 is 10.2 Å². The van der Waals surface area contributed by atoms with Crippen molar-refractivity contribution in [3.63, 3.8) is 0 Å². The van der Waals surface area contributed by atoms with E-state index < -0.39 is 0 Å². The van der Waals surface area contributed by atoms with E-state index in [2.05, 4.69) is 41.6 Å². The second-order valence-corrected chi connectivity index (χ2v) is 5.61. The molecule has 1 aliphatic heterocycles. The van der Waals surface area contributed by atoms with Gasteiger partial charge in [-0.3, -0.25) is 0 Å². The Kier molecular flexibility index (Phi) is 3.64. The van der Waals surface area contributed by atoms with Gasteiger partial charge in [-0.25, -0.2) is 4.79 Å². The zero-order valence-corrected chi connectivity index (χ0v) is 12.4. The topological polar surface area (TPSA) is 50.2 Å². The van der Waals surface area contributed by atoms with Gasteiger partial charge in [-0.05, 0) is 30.4 Å². The van der Waals surface area contributed by atoms with Gasteiger partial charge >= 0.3 is 6.03 Å². The summed E-state index contributed by atoms with van der Waals surface area (Å²) in [6.07, 6.45) is 4.41. The number of likely N-dealkylation sites (tertiary alicyclic amines) is 1. The van der Waals surface area contributed by atoms with Crippen LogP contribution in [0.4, 0.5) is 10.5 Å². The number of carbonyl (C=O) groups excluding carboxylic acids is 1. The second kappa shape index (κ2) is 5.60. The van der Waals surface area contributed by atoms with E-state index in [4.69, 9.17) is 0 Å². The zero-order chi connectivity index (χ0) is 14.8. The maximum absolute atomic E-state index is 12.2. The molecule has 0 atom stereocenters. The van der Waals surface area contributed by atoms with E-state index in [1.165, 1.54) is 15.8 Å². The summed E-state index contributed by atoms with van der Waals surface area (Å²) in [6.45, 7) is 3.75. The minimum absolute atomic E-state index is 0.0440. The number of rotatable bonds is 3. The van der Waals surface area contributed by atoms with Gasteiger partial charge in [0.2, 0.25) is 0 Å². The quantitative estimate of drug-likeness (QED) is 0.941. The number of anilines is 1. The van der Waals surface area contributed by atoms with Crippen LogP contribution in [-0.4, -0.2) is 40.8 Å². The van der Waals surface area contributed by atoms with Gasteiger partial charge in [-0.15, -0.1) is 0 Å². The number of carbonyl (C=O) groups is 1. The van der Waals surface area contributed by atoms with Crippen molar-refractivity contribution in [1.29, 1.82) is 0 Å². The summed E-state index contributed by atoms with van der Waals surface area (Å²) in [5.74, 6) is 0.550. The highest BCUT2D eigenvalue weighted by Gasteiger charge is 2.31. The molecule has 0 bridgehead atoms. The van der Waals surface area contributed by atoms with Crippen LogP contribution < -0.4 is 5.32 Å². The molecule has 0 unspecified atom stereocenters. The first-order valence-electron chi connectivity index (χ1n) is 7.23. The van der Waals surface area contributed by atoms with E-state index in [0.717, 1.165) is 25.2 Å². The average Bonchev–Trinajstić information content (AvgIpc) is 2.92. The molecule has 1 fully saturated rings. The first-order valence-corrected chi connectivity index (χ1v) is 7.23. The van der Waals surface area contributed by atoms with Gasteiger partial charge in [-0.1, -0.05) is 24.3 Å². The molecule has 2 aromatic rings. The lowest BCUT2D eigenvalue weighted by Crippen LogP contribution is -2.52. The first-order chi connectivity index (χ1) is 10.2.